The van der Waals surface area contributed by atoms with Crippen LogP contribution in [-0.2, 0) is 6.54 Å². The lowest BCUT2D eigenvalue weighted by Gasteiger charge is -2.19. The number of carbonyl (C=O) groups excluding carboxylic acids is 1. The van der Waals surface area contributed by atoms with E-state index in [4.69, 9.17) is 0 Å². The smallest absolute Gasteiger partial charge is 0.317 e. The van der Waals surface area contributed by atoms with Crippen LogP contribution in [0, 0.1) is 11.6 Å². The normalized spacial score (nSPS) is 10.1. The standard InChI is InChI=1S/C12H16F2N2O/c1-3-16(4-2)12(17)15-8-9-5-6-10(13)7-11(9)14/h5-7H,3-4,8H2,1-2H3,(H,15,17). The summed E-state index contributed by atoms with van der Waals surface area (Å²) in [6, 6.07) is 3.05. The number of amides is 2. The first-order valence-electron chi connectivity index (χ1n) is 5.55. The summed E-state index contributed by atoms with van der Waals surface area (Å²) < 4.78 is 25.9. The number of hydrogen-bond acceptors (Lipinski definition) is 1. The highest BCUT2D eigenvalue weighted by atomic mass is 19.1. The molecule has 0 aliphatic rings. The Labute approximate surface area is 99.4 Å². The van der Waals surface area contributed by atoms with E-state index in [9.17, 15) is 13.6 Å². The molecular weight excluding hydrogens is 226 g/mol. The maximum atomic E-state index is 13.3. The Morgan fingerprint density at radius 1 is 1.29 bits per heavy atom. The number of benzene rings is 1. The third-order valence-electron chi connectivity index (χ3n) is 2.50. The average Bonchev–Trinajstić information content (AvgIpc) is 2.29. The molecule has 1 aromatic rings. The Hall–Kier alpha value is -1.65. The molecule has 0 aliphatic carbocycles. The number of nitrogens with one attached hydrogen (secondary N) is 1. The second-order valence-electron chi connectivity index (χ2n) is 3.57. The minimum atomic E-state index is -0.648. The zero-order chi connectivity index (χ0) is 12.8. The largest absolute Gasteiger partial charge is 0.334 e. The number of halogens is 2. The molecule has 94 valence electrons. The summed E-state index contributed by atoms with van der Waals surface area (Å²) in [6.45, 7) is 4.97. The minimum Gasteiger partial charge on any atom is -0.334 e. The molecule has 0 fully saturated rings. The molecule has 2 amide bonds. The number of hydrogen-bond donors (Lipinski definition) is 1. The molecule has 0 aliphatic heterocycles. The summed E-state index contributed by atoms with van der Waals surface area (Å²) in [5.74, 6) is -1.27. The van der Waals surface area contributed by atoms with Crippen LogP contribution < -0.4 is 5.32 Å². The zero-order valence-corrected chi connectivity index (χ0v) is 9.96. The Balaban J connectivity index is 2.58. The van der Waals surface area contributed by atoms with Gasteiger partial charge in [0.15, 0.2) is 0 Å². The van der Waals surface area contributed by atoms with Crippen molar-refractivity contribution in [1.82, 2.24) is 10.2 Å². The van der Waals surface area contributed by atoms with E-state index in [0.29, 0.717) is 13.1 Å². The van der Waals surface area contributed by atoms with E-state index in [2.05, 4.69) is 5.32 Å². The zero-order valence-electron chi connectivity index (χ0n) is 9.96. The Kier molecular flexibility index (Phi) is 4.87. The van der Waals surface area contributed by atoms with E-state index < -0.39 is 11.6 Å². The van der Waals surface area contributed by atoms with E-state index in [1.54, 1.807) is 4.90 Å². The summed E-state index contributed by atoms with van der Waals surface area (Å²) in [6.07, 6.45) is 0. The van der Waals surface area contributed by atoms with Gasteiger partial charge in [0.25, 0.3) is 0 Å². The van der Waals surface area contributed by atoms with Crippen LogP contribution in [0.1, 0.15) is 19.4 Å². The molecule has 5 heteroatoms. The van der Waals surface area contributed by atoms with Crippen molar-refractivity contribution in [3.05, 3.63) is 35.4 Å². The Morgan fingerprint density at radius 3 is 2.47 bits per heavy atom. The summed E-state index contributed by atoms with van der Waals surface area (Å²) >= 11 is 0. The highest BCUT2D eigenvalue weighted by Crippen LogP contribution is 2.09. The van der Waals surface area contributed by atoms with Gasteiger partial charge in [-0.25, -0.2) is 13.6 Å². The second kappa shape index (κ2) is 6.18. The van der Waals surface area contributed by atoms with Crippen molar-refractivity contribution in [2.75, 3.05) is 13.1 Å². The van der Waals surface area contributed by atoms with Crippen molar-refractivity contribution in [3.8, 4) is 0 Å². The second-order valence-corrected chi connectivity index (χ2v) is 3.57. The highest BCUT2D eigenvalue weighted by molar-refractivity contribution is 5.74. The maximum Gasteiger partial charge on any atom is 0.317 e. The van der Waals surface area contributed by atoms with Crippen LogP contribution in [-0.4, -0.2) is 24.0 Å². The average molecular weight is 242 g/mol. The predicted octanol–water partition coefficient (Wildman–Crippen LogP) is 2.52. The monoisotopic (exact) mass is 242 g/mol. The third kappa shape index (κ3) is 3.69. The van der Waals surface area contributed by atoms with Crippen LogP contribution in [0.4, 0.5) is 13.6 Å². The first kappa shape index (κ1) is 13.4. The molecule has 0 radical (unpaired) electrons. The topological polar surface area (TPSA) is 32.3 Å². The third-order valence-corrected chi connectivity index (χ3v) is 2.50. The SMILES string of the molecule is CCN(CC)C(=O)NCc1ccc(F)cc1F. The molecule has 0 saturated carbocycles. The van der Waals surface area contributed by atoms with Crippen LogP contribution in [0.15, 0.2) is 18.2 Å². The lowest BCUT2D eigenvalue weighted by molar-refractivity contribution is 0.202. The number of rotatable bonds is 4. The van der Waals surface area contributed by atoms with Gasteiger partial charge in [0, 0.05) is 31.3 Å². The van der Waals surface area contributed by atoms with Gasteiger partial charge < -0.3 is 10.2 Å². The van der Waals surface area contributed by atoms with Crippen molar-refractivity contribution in [2.45, 2.75) is 20.4 Å². The molecule has 0 bridgehead atoms. The molecule has 0 atom stereocenters. The fourth-order valence-electron chi connectivity index (χ4n) is 1.46. The van der Waals surface area contributed by atoms with E-state index in [1.165, 1.54) is 12.1 Å². The van der Waals surface area contributed by atoms with E-state index in [1.807, 2.05) is 13.8 Å². The van der Waals surface area contributed by atoms with Gasteiger partial charge in [-0.2, -0.15) is 0 Å². The predicted molar refractivity (Wildman–Crippen MR) is 61.5 cm³/mol. The van der Waals surface area contributed by atoms with E-state index >= 15 is 0 Å². The lowest BCUT2D eigenvalue weighted by atomic mass is 10.2. The minimum absolute atomic E-state index is 0.0570. The van der Waals surface area contributed by atoms with Gasteiger partial charge >= 0.3 is 6.03 Å². The lowest BCUT2D eigenvalue weighted by Crippen LogP contribution is -2.39. The molecule has 1 N–H and O–H groups in total. The van der Waals surface area contributed by atoms with E-state index in [0.717, 1.165) is 6.07 Å². The Bertz CT molecular complexity index is 392. The number of urea groups is 1. The van der Waals surface area contributed by atoms with Crippen LogP contribution in [0.5, 0.6) is 0 Å². The van der Waals surface area contributed by atoms with Crippen molar-refractivity contribution >= 4 is 6.03 Å². The van der Waals surface area contributed by atoms with Crippen molar-refractivity contribution < 1.29 is 13.6 Å². The highest BCUT2D eigenvalue weighted by Gasteiger charge is 2.10. The van der Waals surface area contributed by atoms with Gasteiger partial charge in [0.05, 0.1) is 0 Å². The van der Waals surface area contributed by atoms with Crippen molar-refractivity contribution in [1.29, 1.82) is 0 Å². The van der Waals surface area contributed by atoms with Crippen molar-refractivity contribution in [2.24, 2.45) is 0 Å². The van der Waals surface area contributed by atoms with Gasteiger partial charge in [0.1, 0.15) is 11.6 Å². The molecule has 0 spiro atoms. The van der Waals surface area contributed by atoms with Crippen LogP contribution >= 0.6 is 0 Å². The van der Waals surface area contributed by atoms with Gasteiger partial charge in [-0.05, 0) is 19.9 Å². The van der Waals surface area contributed by atoms with Gasteiger partial charge in [-0.1, -0.05) is 6.07 Å². The number of carbonyl (C=O) groups is 1. The van der Waals surface area contributed by atoms with Gasteiger partial charge in [-0.3, -0.25) is 0 Å². The molecule has 1 aromatic carbocycles. The fraction of sp³-hybridized carbons (Fsp3) is 0.417. The summed E-state index contributed by atoms with van der Waals surface area (Å²) in [5, 5.41) is 2.59. The molecule has 3 nitrogen and oxygen atoms in total. The molecule has 17 heavy (non-hydrogen) atoms. The van der Waals surface area contributed by atoms with Crippen LogP contribution in [0.25, 0.3) is 0 Å². The van der Waals surface area contributed by atoms with Crippen LogP contribution in [0.3, 0.4) is 0 Å². The molecule has 0 unspecified atom stereocenters. The molecule has 1 rings (SSSR count). The maximum absolute atomic E-state index is 13.3. The first-order valence-corrected chi connectivity index (χ1v) is 5.55. The van der Waals surface area contributed by atoms with Crippen molar-refractivity contribution in [3.63, 3.8) is 0 Å². The summed E-state index contributed by atoms with van der Waals surface area (Å²) in [4.78, 5) is 13.2. The Morgan fingerprint density at radius 2 is 1.94 bits per heavy atom. The number of nitrogens with zero attached hydrogens (tertiary/aromatic N) is 1. The van der Waals surface area contributed by atoms with Crippen LogP contribution in [0.2, 0.25) is 0 Å². The summed E-state index contributed by atoms with van der Waals surface area (Å²) in [5.41, 5.74) is 0.270. The summed E-state index contributed by atoms with van der Waals surface area (Å²) in [7, 11) is 0. The van der Waals surface area contributed by atoms with E-state index in [-0.39, 0.29) is 18.1 Å². The first-order chi connectivity index (χ1) is 8.08. The fourth-order valence-corrected chi connectivity index (χ4v) is 1.46. The molecule has 0 aromatic heterocycles. The molecular formula is C12H16F2N2O. The molecule has 0 saturated heterocycles. The van der Waals surface area contributed by atoms with Gasteiger partial charge in [0.2, 0.25) is 0 Å². The quantitative estimate of drug-likeness (QED) is 0.864. The van der Waals surface area contributed by atoms with Gasteiger partial charge in [-0.15, -0.1) is 0 Å². The molecule has 0 heterocycles.